The van der Waals surface area contributed by atoms with E-state index >= 15 is 0 Å². The highest BCUT2D eigenvalue weighted by molar-refractivity contribution is 7.97. The number of aliphatic hydroxyl groups is 2. The third-order valence-corrected chi connectivity index (χ3v) is 3.89. The molecule has 0 bridgehead atoms. The Hall–Kier alpha value is -1.39. The molecule has 9 heteroatoms. The maximum absolute atomic E-state index is 9.81. The Bertz CT molecular complexity index is 634. The zero-order valence-electron chi connectivity index (χ0n) is 10.5. The molecule has 1 saturated heterocycles. The lowest BCUT2D eigenvalue weighted by Gasteiger charge is -2.14. The smallest absolute Gasteiger partial charge is 0.223 e. The Morgan fingerprint density at radius 2 is 2.30 bits per heavy atom. The van der Waals surface area contributed by atoms with E-state index in [0.29, 0.717) is 17.1 Å². The number of aliphatic hydroxyl groups excluding tert-OH is 2. The van der Waals surface area contributed by atoms with Crippen molar-refractivity contribution < 1.29 is 14.9 Å². The summed E-state index contributed by atoms with van der Waals surface area (Å²) in [6, 6.07) is 1.83. The molecule has 0 radical (unpaired) electrons. The van der Waals surface area contributed by atoms with Gasteiger partial charge in [-0.1, -0.05) is 0 Å². The Morgan fingerprint density at radius 1 is 1.50 bits per heavy atom. The molecule has 20 heavy (non-hydrogen) atoms. The summed E-state index contributed by atoms with van der Waals surface area (Å²) in [5.41, 5.74) is 6.27. The number of fused-ring (bicyclic) bond motifs is 1. The molecular weight excluding hydrogens is 282 g/mol. The van der Waals surface area contributed by atoms with E-state index in [9.17, 15) is 5.11 Å². The van der Waals surface area contributed by atoms with Crippen molar-refractivity contribution in [2.75, 3.05) is 12.3 Å². The lowest BCUT2D eigenvalue weighted by atomic mass is 10.2. The number of anilines is 1. The van der Waals surface area contributed by atoms with Crippen molar-refractivity contribution in [1.82, 2.24) is 14.5 Å². The molecule has 0 unspecified atom stereocenters. The quantitative estimate of drug-likeness (QED) is 0.445. The maximum atomic E-state index is 9.81. The van der Waals surface area contributed by atoms with Crippen LogP contribution in [0.4, 0.5) is 5.95 Å². The Kier molecular flexibility index (Phi) is 3.52. The molecule has 1 aliphatic heterocycles. The fourth-order valence-electron chi connectivity index (χ4n) is 2.39. The van der Waals surface area contributed by atoms with E-state index < -0.39 is 18.4 Å². The van der Waals surface area contributed by atoms with Crippen molar-refractivity contribution in [2.24, 2.45) is 5.14 Å². The van der Waals surface area contributed by atoms with Gasteiger partial charge in [0, 0.05) is 12.6 Å². The van der Waals surface area contributed by atoms with Crippen LogP contribution < -0.4 is 10.9 Å². The largest absolute Gasteiger partial charge is 0.394 e. The van der Waals surface area contributed by atoms with Gasteiger partial charge in [-0.2, -0.15) is 4.98 Å². The number of nitrogens with two attached hydrogens (primary N) is 2. The van der Waals surface area contributed by atoms with E-state index in [1.165, 1.54) is 0 Å². The molecular formula is C11H15N5O3S. The van der Waals surface area contributed by atoms with Gasteiger partial charge in [0.2, 0.25) is 5.95 Å². The summed E-state index contributed by atoms with van der Waals surface area (Å²) in [5.74, 6) is 0.127. The van der Waals surface area contributed by atoms with Crippen LogP contribution in [0.3, 0.4) is 0 Å². The topological polar surface area (TPSA) is 132 Å². The minimum absolute atomic E-state index is 0.127. The molecule has 3 atom stereocenters. The van der Waals surface area contributed by atoms with Crippen molar-refractivity contribution >= 4 is 28.9 Å². The number of nitrogens with zero attached hydrogens (tertiary/aromatic N) is 3. The van der Waals surface area contributed by atoms with Gasteiger partial charge >= 0.3 is 0 Å². The van der Waals surface area contributed by atoms with Gasteiger partial charge in [-0.25, -0.2) is 4.98 Å². The highest BCUT2D eigenvalue weighted by Crippen LogP contribution is 2.33. The van der Waals surface area contributed by atoms with Crippen LogP contribution in [0.25, 0.3) is 11.0 Å². The molecule has 0 saturated carbocycles. The molecule has 3 rings (SSSR count). The van der Waals surface area contributed by atoms with Crippen LogP contribution in [0.2, 0.25) is 0 Å². The van der Waals surface area contributed by atoms with Crippen LogP contribution >= 0.6 is 11.9 Å². The summed E-state index contributed by atoms with van der Waals surface area (Å²) in [5, 5.41) is 25.9. The SMILES string of the molecule is NSc1nc(N)nc2c1ccn2[C@@H]1C[C@H](O)[C@@H](CO)O1. The Balaban J connectivity index is 2.03. The molecule has 2 aromatic heterocycles. The summed E-state index contributed by atoms with van der Waals surface area (Å²) in [6.07, 6.45) is 0.481. The van der Waals surface area contributed by atoms with E-state index in [1.807, 2.05) is 6.07 Å². The van der Waals surface area contributed by atoms with Gasteiger partial charge in [0.15, 0.2) is 0 Å². The van der Waals surface area contributed by atoms with Crippen LogP contribution in [-0.2, 0) is 4.74 Å². The standard InChI is InChI=1S/C11H15N5O3S/c12-11-14-9-5(10(15-11)20-13)1-2-16(9)8-3-6(18)7(4-17)19-8/h1-2,6-8,17-18H,3-4,13H2,(H2,12,14,15)/t6-,7+,8-/m0/s1. The zero-order valence-corrected chi connectivity index (χ0v) is 11.3. The van der Waals surface area contributed by atoms with Gasteiger partial charge in [0.25, 0.3) is 0 Å². The van der Waals surface area contributed by atoms with Gasteiger partial charge in [0.05, 0.1) is 18.1 Å². The molecule has 3 heterocycles. The van der Waals surface area contributed by atoms with Crippen molar-refractivity contribution in [2.45, 2.75) is 29.9 Å². The predicted molar refractivity (Wildman–Crippen MR) is 73.6 cm³/mol. The van der Waals surface area contributed by atoms with Crippen LogP contribution in [0, 0.1) is 0 Å². The second-order valence-corrected chi connectivity index (χ2v) is 5.20. The molecule has 0 amide bonds. The van der Waals surface area contributed by atoms with Gasteiger partial charge in [-0.05, 0) is 18.0 Å². The summed E-state index contributed by atoms with van der Waals surface area (Å²) in [7, 11) is 0. The number of hydrogen-bond acceptors (Lipinski definition) is 8. The van der Waals surface area contributed by atoms with Crippen LogP contribution in [-0.4, -0.2) is 43.6 Å². The van der Waals surface area contributed by atoms with Crippen LogP contribution in [0.15, 0.2) is 17.3 Å². The molecule has 0 spiro atoms. The fraction of sp³-hybridized carbons (Fsp3) is 0.455. The Morgan fingerprint density at radius 3 is 2.95 bits per heavy atom. The summed E-state index contributed by atoms with van der Waals surface area (Å²) < 4.78 is 7.38. The second-order valence-electron chi connectivity index (χ2n) is 4.58. The van der Waals surface area contributed by atoms with Crippen LogP contribution in [0.1, 0.15) is 12.6 Å². The highest BCUT2D eigenvalue weighted by atomic mass is 32.2. The molecule has 1 aliphatic rings. The highest BCUT2D eigenvalue weighted by Gasteiger charge is 2.35. The lowest BCUT2D eigenvalue weighted by molar-refractivity contribution is -0.0430. The normalized spacial score (nSPS) is 26.4. The van der Waals surface area contributed by atoms with Gasteiger partial charge < -0.3 is 25.3 Å². The summed E-state index contributed by atoms with van der Waals surface area (Å²) >= 11 is 0.999. The number of ether oxygens (including phenoxy) is 1. The maximum Gasteiger partial charge on any atom is 0.223 e. The average Bonchev–Trinajstić information content (AvgIpc) is 3.00. The number of aromatic nitrogens is 3. The van der Waals surface area contributed by atoms with E-state index in [1.54, 1.807) is 10.8 Å². The lowest BCUT2D eigenvalue weighted by Crippen LogP contribution is -2.24. The summed E-state index contributed by atoms with van der Waals surface area (Å²) in [6.45, 7) is -0.224. The average molecular weight is 297 g/mol. The fourth-order valence-corrected chi connectivity index (χ4v) is 2.83. The number of nitrogen functional groups attached to an aromatic ring is 1. The molecule has 108 valence electrons. The third-order valence-electron chi connectivity index (χ3n) is 3.36. The first-order chi connectivity index (χ1) is 9.63. The summed E-state index contributed by atoms with van der Waals surface area (Å²) in [4.78, 5) is 8.27. The monoisotopic (exact) mass is 297 g/mol. The first kappa shape index (κ1) is 13.6. The van der Waals surface area contributed by atoms with Gasteiger partial charge in [-0.3, -0.25) is 5.14 Å². The molecule has 2 aromatic rings. The first-order valence-electron chi connectivity index (χ1n) is 6.09. The van der Waals surface area contributed by atoms with Crippen molar-refractivity contribution in [3.63, 3.8) is 0 Å². The molecule has 8 nitrogen and oxygen atoms in total. The third kappa shape index (κ3) is 2.13. The van der Waals surface area contributed by atoms with Gasteiger partial charge in [0.1, 0.15) is 23.0 Å². The number of hydrogen-bond donors (Lipinski definition) is 4. The minimum atomic E-state index is -0.704. The van der Waals surface area contributed by atoms with Crippen molar-refractivity contribution in [3.05, 3.63) is 12.3 Å². The first-order valence-corrected chi connectivity index (χ1v) is 6.97. The Labute approximate surface area is 118 Å². The predicted octanol–water partition coefficient (Wildman–Crippen LogP) is -0.380. The van der Waals surface area contributed by atoms with Gasteiger partial charge in [-0.15, -0.1) is 0 Å². The zero-order chi connectivity index (χ0) is 14.3. The van der Waals surface area contributed by atoms with E-state index in [0.717, 1.165) is 17.3 Å². The van der Waals surface area contributed by atoms with E-state index in [4.69, 9.17) is 20.7 Å². The molecule has 0 aliphatic carbocycles. The number of rotatable bonds is 3. The van der Waals surface area contributed by atoms with E-state index in [-0.39, 0.29) is 12.6 Å². The van der Waals surface area contributed by atoms with E-state index in [2.05, 4.69) is 9.97 Å². The molecule has 0 aromatic carbocycles. The van der Waals surface area contributed by atoms with Crippen molar-refractivity contribution in [3.8, 4) is 0 Å². The second kappa shape index (κ2) is 5.19. The van der Waals surface area contributed by atoms with Crippen LogP contribution in [0.5, 0.6) is 0 Å². The van der Waals surface area contributed by atoms with Crippen molar-refractivity contribution in [1.29, 1.82) is 0 Å². The minimum Gasteiger partial charge on any atom is -0.394 e. The molecule has 6 N–H and O–H groups in total. The molecule has 1 fully saturated rings.